The third-order valence-corrected chi connectivity index (χ3v) is 4.30. The van der Waals surface area contributed by atoms with E-state index in [1.165, 1.54) is 0 Å². The summed E-state index contributed by atoms with van der Waals surface area (Å²) in [7, 11) is 0. The van der Waals surface area contributed by atoms with E-state index < -0.39 is 11.8 Å². The van der Waals surface area contributed by atoms with Crippen LogP contribution in [0.15, 0.2) is 48.5 Å². The smallest absolute Gasteiger partial charge is 0.273 e. The lowest BCUT2D eigenvalue weighted by atomic mass is 10.2. The third-order valence-electron chi connectivity index (χ3n) is 4.30. The van der Waals surface area contributed by atoms with Crippen LogP contribution in [0.5, 0.6) is 11.5 Å². The van der Waals surface area contributed by atoms with Crippen LogP contribution in [0.1, 0.15) is 40.5 Å². The van der Waals surface area contributed by atoms with Gasteiger partial charge in [-0.3, -0.25) is 20.4 Å². The molecule has 7 nitrogen and oxygen atoms in total. The second kappa shape index (κ2) is 9.75. The second-order valence-corrected chi connectivity index (χ2v) is 6.31. The highest BCUT2D eigenvalue weighted by atomic mass is 16.5. The lowest BCUT2D eigenvalue weighted by Gasteiger charge is -2.15. The van der Waals surface area contributed by atoms with Gasteiger partial charge in [0.1, 0.15) is 18.1 Å². The van der Waals surface area contributed by atoms with Crippen molar-refractivity contribution >= 4 is 11.8 Å². The monoisotopic (exact) mass is 384 g/mol. The average Bonchev–Trinajstić information content (AvgIpc) is 3.25. The summed E-state index contributed by atoms with van der Waals surface area (Å²) in [5.74, 6) is 0.252. The van der Waals surface area contributed by atoms with Gasteiger partial charge in [-0.15, -0.1) is 0 Å². The fourth-order valence-electron chi connectivity index (χ4n) is 2.86. The number of hydrazine groups is 1. The molecule has 0 bridgehead atoms. The highest BCUT2D eigenvalue weighted by Gasteiger charge is 2.18. The van der Waals surface area contributed by atoms with E-state index in [0.29, 0.717) is 35.8 Å². The molecule has 0 aromatic heterocycles. The van der Waals surface area contributed by atoms with Crippen molar-refractivity contribution in [1.29, 1.82) is 0 Å². The maximum absolute atomic E-state index is 12.5. The number of rotatable bonds is 7. The van der Waals surface area contributed by atoms with Crippen molar-refractivity contribution in [3.8, 4) is 11.5 Å². The van der Waals surface area contributed by atoms with Crippen LogP contribution in [0.3, 0.4) is 0 Å². The van der Waals surface area contributed by atoms with E-state index >= 15 is 0 Å². The number of amides is 2. The quantitative estimate of drug-likeness (QED) is 0.717. The molecular weight excluding hydrogens is 360 g/mol. The molecule has 2 aromatic rings. The summed E-state index contributed by atoms with van der Waals surface area (Å²) < 4.78 is 16.6. The molecule has 28 heavy (non-hydrogen) atoms. The zero-order valence-corrected chi connectivity index (χ0v) is 15.8. The predicted octanol–water partition coefficient (Wildman–Crippen LogP) is 2.72. The molecule has 1 aliphatic heterocycles. The maximum atomic E-state index is 12.5. The van der Waals surface area contributed by atoms with Gasteiger partial charge in [0.2, 0.25) is 0 Å². The van der Waals surface area contributed by atoms with Gasteiger partial charge < -0.3 is 14.2 Å². The van der Waals surface area contributed by atoms with Crippen LogP contribution in [0.4, 0.5) is 0 Å². The summed E-state index contributed by atoms with van der Waals surface area (Å²) in [4.78, 5) is 24.7. The van der Waals surface area contributed by atoms with Gasteiger partial charge in [-0.05, 0) is 56.2 Å². The van der Waals surface area contributed by atoms with Gasteiger partial charge in [0.05, 0.1) is 18.3 Å². The molecule has 1 saturated heterocycles. The Morgan fingerprint density at radius 1 is 1.04 bits per heavy atom. The SMILES string of the molecule is CCOc1ccc(C(=O)NNC(=O)c2ccccc2OCC2CCCO2)cc1. The van der Waals surface area contributed by atoms with E-state index in [1.54, 1.807) is 48.5 Å². The van der Waals surface area contributed by atoms with Crippen LogP contribution in [-0.2, 0) is 4.74 Å². The topological polar surface area (TPSA) is 85.9 Å². The first-order valence-electron chi connectivity index (χ1n) is 9.34. The fraction of sp³-hybridized carbons (Fsp3) is 0.333. The number of hydrogen-bond donors (Lipinski definition) is 2. The Morgan fingerprint density at radius 2 is 1.79 bits per heavy atom. The van der Waals surface area contributed by atoms with Gasteiger partial charge >= 0.3 is 0 Å². The van der Waals surface area contributed by atoms with E-state index in [0.717, 1.165) is 19.4 Å². The van der Waals surface area contributed by atoms with Crippen molar-refractivity contribution in [2.24, 2.45) is 0 Å². The highest BCUT2D eigenvalue weighted by molar-refractivity contribution is 6.00. The van der Waals surface area contributed by atoms with E-state index in [2.05, 4.69) is 10.9 Å². The van der Waals surface area contributed by atoms with Crippen molar-refractivity contribution in [2.75, 3.05) is 19.8 Å². The number of para-hydroxylation sites is 1. The molecule has 3 rings (SSSR count). The summed E-state index contributed by atoms with van der Waals surface area (Å²) in [5.41, 5.74) is 5.59. The standard InChI is InChI=1S/C21H24N2O5/c1-2-26-16-11-9-15(10-12-16)20(24)22-23-21(25)18-7-3-4-8-19(18)28-14-17-6-5-13-27-17/h3-4,7-12,17H,2,5-6,13-14H2,1H3,(H,22,24)(H,23,25). The van der Waals surface area contributed by atoms with Gasteiger partial charge in [-0.2, -0.15) is 0 Å². The Balaban J connectivity index is 1.56. The van der Waals surface area contributed by atoms with Gasteiger partial charge in [0, 0.05) is 12.2 Å². The second-order valence-electron chi connectivity index (χ2n) is 6.31. The lowest BCUT2D eigenvalue weighted by Crippen LogP contribution is -2.41. The summed E-state index contributed by atoms with van der Waals surface area (Å²) >= 11 is 0. The summed E-state index contributed by atoms with van der Waals surface area (Å²) in [6.45, 7) is 3.57. The lowest BCUT2D eigenvalue weighted by molar-refractivity contribution is 0.0669. The Labute approximate surface area is 164 Å². The molecule has 0 spiro atoms. The van der Waals surface area contributed by atoms with Gasteiger partial charge in [-0.25, -0.2) is 0 Å². The molecule has 1 unspecified atom stereocenters. The molecule has 2 amide bonds. The van der Waals surface area contributed by atoms with Gasteiger partial charge in [-0.1, -0.05) is 12.1 Å². The molecule has 7 heteroatoms. The minimum atomic E-state index is -0.456. The Hall–Kier alpha value is -3.06. The molecule has 1 atom stereocenters. The Bertz CT molecular complexity index is 801. The van der Waals surface area contributed by atoms with E-state index in [1.807, 2.05) is 6.92 Å². The summed E-state index contributed by atoms with van der Waals surface area (Å²) in [5, 5.41) is 0. The van der Waals surface area contributed by atoms with Crippen LogP contribution in [0, 0.1) is 0 Å². The molecule has 148 valence electrons. The van der Waals surface area contributed by atoms with Gasteiger partial charge in [0.15, 0.2) is 0 Å². The Morgan fingerprint density at radius 3 is 2.50 bits per heavy atom. The minimum Gasteiger partial charge on any atom is -0.494 e. The molecule has 0 saturated carbocycles. The molecule has 2 aromatic carbocycles. The molecule has 0 radical (unpaired) electrons. The van der Waals surface area contributed by atoms with Crippen LogP contribution in [-0.4, -0.2) is 37.7 Å². The van der Waals surface area contributed by atoms with Crippen LogP contribution >= 0.6 is 0 Å². The molecule has 2 N–H and O–H groups in total. The van der Waals surface area contributed by atoms with E-state index in [4.69, 9.17) is 14.2 Å². The van der Waals surface area contributed by atoms with Crippen molar-refractivity contribution in [2.45, 2.75) is 25.9 Å². The van der Waals surface area contributed by atoms with Crippen LogP contribution in [0.25, 0.3) is 0 Å². The maximum Gasteiger partial charge on any atom is 0.273 e. The summed E-state index contributed by atoms with van der Waals surface area (Å²) in [6.07, 6.45) is 2.02. The average molecular weight is 384 g/mol. The van der Waals surface area contributed by atoms with E-state index in [9.17, 15) is 9.59 Å². The first-order chi connectivity index (χ1) is 13.7. The largest absolute Gasteiger partial charge is 0.494 e. The third kappa shape index (κ3) is 5.23. The first kappa shape index (κ1) is 19.7. The predicted molar refractivity (Wildman–Crippen MR) is 103 cm³/mol. The van der Waals surface area contributed by atoms with Crippen molar-refractivity contribution in [1.82, 2.24) is 10.9 Å². The molecule has 1 aliphatic rings. The van der Waals surface area contributed by atoms with Crippen molar-refractivity contribution in [3.05, 3.63) is 59.7 Å². The number of ether oxygens (including phenoxy) is 3. The van der Waals surface area contributed by atoms with Crippen LogP contribution in [0.2, 0.25) is 0 Å². The molecule has 1 fully saturated rings. The number of carbonyl (C=O) groups is 2. The van der Waals surface area contributed by atoms with Crippen molar-refractivity contribution < 1.29 is 23.8 Å². The number of hydrogen-bond acceptors (Lipinski definition) is 5. The first-order valence-corrected chi connectivity index (χ1v) is 9.34. The minimum absolute atomic E-state index is 0.0514. The highest BCUT2D eigenvalue weighted by Crippen LogP contribution is 2.20. The van der Waals surface area contributed by atoms with E-state index in [-0.39, 0.29) is 6.10 Å². The van der Waals surface area contributed by atoms with Crippen LogP contribution < -0.4 is 20.3 Å². The molecular formula is C21H24N2O5. The molecule has 0 aliphatic carbocycles. The number of carbonyl (C=O) groups excluding carboxylic acids is 2. The van der Waals surface area contributed by atoms with Crippen molar-refractivity contribution in [3.63, 3.8) is 0 Å². The zero-order chi connectivity index (χ0) is 19.8. The summed E-state index contributed by atoms with van der Waals surface area (Å²) in [6, 6.07) is 13.6. The Kier molecular flexibility index (Phi) is 6.86. The number of nitrogens with one attached hydrogen (secondary N) is 2. The zero-order valence-electron chi connectivity index (χ0n) is 15.8. The fourth-order valence-corrected chi connectivity index (χ4v) is 2.86. The van der Waals surface area contributed by atoms with Gasteiger partial charge in [0.25, 0.3) is 11.8 Å². The normalized spacial score (nSPS) is 15.7. The molecule has 1 heterocycles. The number of benzene rings is 2.